The second-order valence-corrected chi connectivity index (χ2v) is 6.79. The van der Waals surface area contributed by atoms with Crippen molar-refractivity contribution in [2.24, 2.45) is 0 Å². The Morgan fingerprint density at radius 2 is 1.81 bits per heavy atom. The van der Waals surface area contributed by atoms with Gasteiger partial charge in [-0.1, -0.05) is 12.1 Å². The van der Waals surface area contributed by atoms with Gasteiger partial charge in [0.15, 0.2) is 12.4 Å². The average molecular weight is 437 g/mol. The lowest BCUT2D eigenvalue weighted by Crippen LogP contribution is -2.21. The van der Waals surface area contributed by atoms with Crippen LogP contribution in [0.1, 0.15) is 32.0 Å². The third-order valence-corrected chi connectivity index (χ3v) is 4.58. The monoisotopic (exact) mass is 437 g/mol. The van der Waals surface area contributed by atoms with Crippen molar-refractivity contribution < 1.29 is 28.5 Å². The summed E-state index contributed by atoms with van der Waals surface area (Å²) in [6.45, 7) is 2.66. The number of nitro groups is 1. The molecule has 0 aliphatic carbocycles. The van der Waals surface area contributed by atoms with Gasteiger partial charge in [0.05, 0.1) is 28.0 Å². The largest absolute Gasteiger partial charge is 0.459 e. The van der Waals surface area contributed by atoms with Crippen LogP contribution in [0, 0.1) is 24.0 Å². The predicted octanol–water partition coefficient (Wildman–Crippen LogP) is 3.85. The number of rotatable bonds is 7. The maximum Gasteiger partial charge on any atom is 0.338 e. The number of hydrogen-bond donors (Lipinski definition) is 2. The van der Waals surface area contributed by atoms with Crippen molar-refractivity contribution in [3.63, 3.8) is 0 Å². The zero-order chi connectivity index (χ0) is 23.3. The molecule has 3 rings (SSSR count). The van der Waals surface area contributed by atoms with Crippen LogP contribution in [0.4, 0.5) is 17.1 Å². The van der Waals surface area contributed by atoms with E-state index >= 15 is 0 Å². The zero-order valence-corrected chi connectivity index (χ0v) is 17.2. The first-order valence-electron chi connectivity index (χ1n) is 9.42. The van der Waals surface area contributed by atoms with Gasteiger partial charge in [0.25, 0.3) is 17.5 Å². The van der Waals surface area contributed by atoms with Crippen molar-refractivity contribution >= 4 is 34.8 Å². The van der Waals surface area contributed by atoms with E-state index in [0.29, 0.717) is 11.3 Å². The number of nitrogens with one attached hydrogen (secondary N) is 2. The number of amides is 2. The van der Waals surface area contributed by atoms with Gasteiger partial charge in [-0.25, -0.2) is 4.79 Å². The highest BCUT2D eigenvalue weighted by atomic mass is 16.6. The van der Waals surface area contributed by atoms with Crippen LogP contribution >= 0.6 is 0 Å². The fourth-order valence-corrected chi connectivity index (χ4v) is 2.83. The fourth-order valence-electron chi connectivity index (χ4n) is 2.83. The highest BCUT2D eigenvalue weighted by Crippen LogP contribution is 2.25. The van der Waals surface area contributed by atoms with Crippen LogP contribution in [0.2, 0.25) is 0 Å². The Morgan fingerprint density at radius 1 is 1.03 bits per heavy atom. The summed E-state index contributed by atoms with van der Waals surface area (Å²) in [5, 5.41) is 16.1. The number of nitrogens with zero attached hydrogens (tertiary/aromatic N) is 1. The number of furan rings is 1. The Morgan fingerprint density at radius 3 is 2.50 bits per heavy atom. The molecule has 32 heavy (non-hydrogen) atoms. The quantitative estimate of drug-likeness (QED) is 0.325. The molecule has 0 saturated heterocycles. The summed E-state index contributed by atoms with van der Waals surface area (Å²) in [6, 6.07) is 11.9. The van der Waals surface area contributed by atoms with Gasteiger partial charge in [0.1, 0.15) is 0 Å². The van der Waals surface area contributed by atoms with Crippen LogP contribution in [0.25, 0.3) is 0 Å². The van der Waals surface area contributed by atoms with Crippen LogP contribution in [-0.4, -0.2) is 29.3 Å². The standard InChI is InChI=1S/C22H19N3O7/c1-13-8-9-15(11-17(13)24-21(27)19-7-4-10-31-19)22(28)32-12-20(26)23-16-5-3-6-18(14(16)2)25(29)30/h3-11H,12H2,1-2H3,(H,23,26)(H,24,27). The third-order valence-electron chi connectivity index (χ3n) is 4.58. The molecular weight excluding hydrogens is 418 g/mol. The average Bonchev–Trinajstić information content (AvgIpc) is 3.30. The van der Waals surface area contributed by atoms with Gasteiger partial charge >= 0.3 is 5.97 Å². The van der Waals surface area contributed by atoms with E-state index in [9.17, 15) is 24.5 Å². The summed E-state index contributed by atoms with van der Waals surface area (Å²) in [4.78, 5) is 47.2. The second-order valence-electron chi connectivity index (χ2n) is 6.79. The van der Waals surface area contributed by atoms with Crippen molar-refractivity contribution in [2.75, 3.05) is 17.2 Å². The number of hydrogen-bond acceptors (Lipinski definition) is 7. The molecular formula is C22H19N3O7. The van der Waals surface area contributed by atoms with Crippen LogP contribution in [0.3, 0.4) is 0 Å². The zero-order valence-electron chi connectivity index (χ0n) is 17.2. The Labute approximate surface area is 182 Å². The molecule has 0 atom stereocenters. The molecule has 0 unspecified atom stereocenters. The molecule has 0 aliphatic rings. The van der Waals surface area contributed by atoms with E-state index in [4.69, 9.17) is 9.15 Å². The summed E-state index contributed by atoms with van der Waals surface area (Å²) in [5.41, 5.74) is 1.62. The van der Waals surface area contributed by atoms with Gasteiger partial charge in [-0.15, -0.1) is 0 Å². The number of nitro benzene ring substituents is 1. The highest BCUT2D eigenvalue weighted by molar-refractivity contribution is 6.03. The molecule has 2 N–H and O–H groups in total. The van der Waals surface area contributed by atoms with Gasteiger partial charge in [0, 0.05) is 11.8 Å². The molecule has 0 bridgehead atoms. The van der Waals surface area contributed by atoms with E-state index < -0.39 is 29.3 Å². The minimum atomic E-state index is -0.774. The van der Waals surface area contributed by atoms with Crippen LogP contribution in [-0.2, 0) is 9.53 Å². The van der Waals surface area contributed by atoms with Gasteiger partial charge < -0.3 is 19.8 Å². The lowest BCUT2D eigenvalue weighted by atomic mass is 10.1. The molecule has 164 valence electrons. The number of carbonyl (C=O) groups is 3. The van der Waals surface area contributed by atoms with E-state index in [1.807, 2.05) is 0 Å². The summed E-state index contributed by atoms with van der Waals surface area (Å²) in [7, 11) is 0. The Balaban J connectivity index is 1.62. The first-order valence-corrected chi connectivity index (χ1v) is 9.42. The molecule has 0 aliphatic heterocycles. The van der Waals surface area contributed by atoms with E-state index in [1.165, 1.54) is 49.6 Å². The van der Waals surface area contributed by atoms with E-state index in [0.717, 1.165) is 0 Å². The fraction of sp³-hybridized carbons (Fsp3) is 0.136. The molecule has 10 nitrogen and oxygen atoms in total. The highest BCUT2D eigenvalue weighted by Gasteiger charge is 2.17. The maximum absolute atomic E-state index is 12.4. The number of carbonyl (C=O) groups excluding carboxylic acids is 3. The first kappa shape index (κ1) is 22.2. The van der Waals surface area contributed by atoms with Gasteiger partial charge in [0.2, 0.25) is 0 Å². The minimum Gasteiger partial charge on any atom is -0.459 e. The topological polar surface area (TPSA) is 141 Å². The number of benzene rings is 2. The molecule has 2 aromatic carbocycles. The number of ether oxygens (including phenoxy) is 1. The summed E-state index contributed by atoms with van der Waals surface area (Å²) < 4.78 is 10.1. The molecule has 0 spiro atoms. The lowest BCUT2D eigenvalue weighted by molar-refractivity contribution is -0.385. The van der Waals surface area contributed by atoms with Crippen LogP contribution < -0.4 is 10.6 Å². The Kier molecular flexibility index (Phi) is 6.64. The van der Waals surface area contributed by atoms with Gasteiger partial charge in [-0.3, -0.25) is 19.7 Å². The maximum atomic E-state index is 12.4. The molecule has 3 aromatic rings. The summed E-state index contributed by atoms with van der Waals surface area (Å²) in [6.07, 6.45) is 1.37. The minimum absolute atomic E-state index is 0.116. The molecule has 0 saturated carbocycles. The summed E-state index contributed by atoms with van der Waals surface area (Å²) in [5.74, 6) is -1.79. The molecule has 2 amide bonds. The van der Waals surface area contributed by atoms with Crippen molar-refractivity contribution in [1.29, 1.82) is 0 Å². The molecule has 0 fully saturated rings. The van der Waals surface area contributed by atoms with E-state index in [2.05, 4.69) is 10.6 Å². The molecule has 1 aromatic heterocycles. The van der Waals surface area contributed by atoms with E-state index in [-0.39, 0.29) is 28.3 Å². The molecule has 10 heteroatoms. The van der Waals surface area contributed by atoms with Crippen molar-refractivity contribution in [3.8, 4) is 0 Å². The van der Waals surface area contributed by atoms with Crippen LogP contribution in [0.15, 0.2) is 59.2 Å². The lowest BCUT2D eigenvalue weighted by Gasteiger charge is -2.11. The molecule has 1 heterocycles. The van der Waals surface area contributed by atoms with Gasteiger partial charge in [-0.05, 0) is 49.7 Å². The van der Waals surface area contributed by atoms with Gasteiger partial charge in [-0.2, -0.15) is 0 Å². The second kappa shape index (κ2) is 9.56. The van der Waals surface area contributed by atoms with Crippen molar-refractivity contribution in [3.05, 3.63) is 87.4 Å². The molecule has 0 radical (unpaired) electrons. The summed E-state index contributed by atoms with van der Waals surface area (Å²) >= 11 is 0. The van der Waals surface area contributed by atoms with Crippen molar-refractivity contribution in [2.45, 2.75) is 13.8 Å². The third kappa shape index (κ3) is 5.17. The SMILES string of the molecule is Cc1ccc(C(=O)OCC(=O)Nc2cccc([N+](=O)[O-])c2C)cc1NC(=O)c1ccco1. The van der Waals surface area contributed by atoms with E-state index in [1.54, 1.807) is 19.1 Å². The smallest absolute Gasteiger partial charge is 0.338 e. The number of aryl methyl sites for hydroxylation is 1. The van der Waals surface area contributed by atoms with Crippen LogP contribution in [0.5, 0.6) is 0 Å². The first-order chi connectivity index (χ1) is 15.3. The number of esters is 1. The predicted molar refractivity (Wildman–Crippen MR) is 115 cm³/mol. The van der Waals surface area contributed by atoms with Crippen molar-refractivity contribution in [1.82, 2.24) is 0 Å². The normalized spacial score (nSPS) is 10.3. The number of anilines is 2. The Hall–Kier alpha value is -4.47. The Bertz CT molecular complexity index is 1190.